The van der Waals surface area contributed by atoms with Gasteiger partial charge in [0.1, 0.15) is 0 Å². The van der Waals surface area contributed by atoms with Gasteiger partial charge in [-0.05, 0) is 36.4 Å². The Morgan fingerprint density at radius 2 is 1.56 bits per heavy atom. The molecular formula is C16H16Br2NO4PS. The van der Waals surface area contributed by atoms with Gasteiger partial charge in [0.05, 0.1) is 6.61 Å². The zero-order valence-corrected chi connectivity index (χ0v) is 17.9. The van der Waals surface area contributed by atoms with Crippen LogP contribution in [0.15, 0.2) is 45.3 Å². The first-order chi connectivity index (χ1) is 11.8. The number of aromatic nitrogens is 1. The van der Waals surface area contributed by atoms with Crippen molar-refractivity contribution in [1.29, 1.82) is 0 Å². The lowest BCUT2D eigenvalue weighted by atomic mass is 10.2. The van der Waals surface area contributed by atoms with Crippen LogP contribution in [0, 0.1) is 0 Å². The van der Waals surface area contributed by atoms with E-state index in [2.05, 4.69) is 65.2 Å². The van der Waals surface area contributed by atoms with Gasteiger partial charge in [0.2, 0.25) is 0 Å². The molecule has 0 bridgehead atoms. The molecule has 0 atom stereocenters. The summed E-state index contributed by atoms with van der Waals surface area (Å²) in [6.07, 6.45) is 0. The second kappa shape index (κ2) is 8.13. The molecule has 5 nitrogen and oxygen atoms in total. The Kier molecular flexibility index (Phi) is 6.31. The molecule has 0 aliphatic carbocycles. The Hall–Kier alpha value is -0.340. The Balaban J connectivity index is 1.77. The zero-order chi connectivity index (χ0) is 18.0. The van der Waals surface area contributed by atoms with Crippen LogP contribution in [0.25, 0.3) is 21.8 Å². The van der Waals surface area contributed by atoms with Crippen LogP contribution >= 0.6 is 51.4 Å². The third kappa shape index (κ3) is 4.89. The van der Waals surface area contributed by atoms with Crippen molar-refractivity contribution in [3.8, 4) is 0 Å². The molecule has 0 unspecified atom stereocenters. The number of fused-ring (bicyclic) bond motifs is 3. The number of halogens is 2. The molecule has 0 fully saturated rings. The van der Waals surface area contributed by atoms with E-state index >= 15 is 0 Å². The minimum atomic E-state index is -4.36. The summed E-state index contributed by atoms with van der Waals surface area (Å²) in [6.45, 7) is 0.853. The van der Waals surface area contributed by atoms with Gasteiger partial charge < -0.3 is 14.4 Å². The Bertz CT molecular complexity index is 897. The van der Waals surface area contributed by atoms with Crippen LogP contribution in [0.4, 0.5) is 0 Å². The predicted octanol–water partition coefficient (Wildman–Crippen LogP) is 5.16. The second-order valence-electron chi connectivity index (χ2n) is 5.41. The van der Waals surface area contributed by atoms with Crippen molar-refractivity contribution in [3.05, 3.63) is 45.3 Å². The van der Waals surface area contributed by atoms with Gasteiger partial charge in [-0.25, -0.2) is 4.57 Å². The third-order valence-corrected chi connectivity index (χ3v) is 6.17. The van der Waals surface area contributed by atoms with Crippen molar-refractivity contribution in [2.75, 3.05) is 18.1 Å². The Labute approximate surface area is 166 Å². The van der Waals surface area contributed by atoms with Crippen molar-refractivity contribution in [2.24, 2.45) is 0 Å². The minimum Gasteiger partial charge on any atom is -0.340 e. The predicted molar refractivity (Wildman–Crippen MR) is 110 cm³/mol. The summed E-state index contributed by atoms with van der Waals surface area (Å²) in [4.78, 5) is 17.3. The van der Waals surface area contributed by atoms with Crippen LogP contribution in [0.3, 0.4) is 0 Å². The normalized spacial score (nSPS) is 12.3. The molecule has 2 N–H and O–H groups in total. The standard InChI is InChI=1S/C16H16Br2NO4PS/c17-11-1-3-15-13(9-11)14-10-12(18)2-4-16(14)19(15)5-7-25-8-6-23-24(20,21)22/h1-4,9-10H,5-8H2,(H2,20,21,22). The van der Waals surface area contributed by atoms with Gasteiger partial charge in [-0.15, -0.1) is 0 Å². The van der Waals surface area contributed by atoms with Crippen molar-refractivity contribution in [2.45, 2.75) is 6.54 Å². The fourth-order valence-electron chi connectivity index (χ4n) is 2.76. The summed E-state index contributed by atoms with van der Waals surface area (Å²) >= 11 is 8.69. The molecule has 0 amide bonds. The molecule has 1 heterocycles. The first-order valence-corrected chi connectivity index (χ1v) is 11.8. The van der Waals surface area contributed by atoms with Gasteiger partial charge in [0.25, 0.3) is 0 Å². The van der Waals surface area contributed by atoms with E-state index < -0.39 is 7.82 Å². The monoisotopic (exact) mass is 507 g/mol. The summed E-state index contributed by atoms with van der Waals surface area (Å²) in [5.41, 5.74) is 2.34. The lowest BCUT2D eigenvalue weighted by Gasteiger charge is -2.08. The van der Waals surface area contributed by atoms with Gasteiger partial charge in [0, 0.05) is 48.8 Å². The molecule has 25 heavy (non-hydrogen) atoms. The summed E-state index contributed by atoms with van der Waals surface area (Å²) in [5.74, 6) is 1.37. The number of hydrogen-bond acceptors (Lipinski definition) is 3. The van der Waals surface area contributed by atoms with Crippen LogP contribution in [0.1, 0.15) is 0 Å². The Morgan fingerprint density at radius 1 is 1.00 bits per heavy atom. The molecule has 1 aromatic heterocycles. The molecule has 0 aliphatic rings. The summed E-state index contributed by atoms with van der Waals surface area (Å²) in [6, 6.07) is 12.5. The van der Waals surface area contributed by atoms with Crippen molar-refractivity contribution in [1.82, 2.24) is 4.57 Å². The molecule has 0 saturated heterocycles. The molecule has 3 aromatic rings. The molecule has 3 rings (SSSR count). The number of hydrogen-bond donors (Lipinski definition) is 2. The number of phosphoric ester groups is 1. The van der Waals surface area contributed by atoms with Gasteiger partial charge in [-0.1, -0.05) is 31.9 Å². The first-order valence-electron chi connectivity index (χ1n) is 7.50. The summed E-state index contributed by atoms with van der Waals surface area (Å²) in [7, 11) is -4.36. The van der Waals surface area contributed by atoms with Gasteiger partial charge >= 0.3 is 7.82 Å². The molecular weight excluding hydrogens is 493 g/mol. The average molecular weight is 509 g/mol. The second-order valence-corrected chi connectivity index (χ2v) is 9.71. The highest BCUT2D eigenvalue weighted by Crippen LogP contribution is 2.36. The maximum atomic E-state index is 10.6. The van der Waals surface area contributed by atoms with Crippen LogP contribution in [0.2, 0.25) is 0 Å². The quantitative estimate of drug-likeness (QED) is 0.340. The largest absolute Gasteiger partial charge is 0.469 e. The third-order valence-electron chi connectivity index (χ3n) is 3.74. The highest BCUT2D eigenvalue weighted by atomic mass is 79.9. The molecule has 0 aliphatic heterocycles. The molecule has 0 radical (unpaired) electrons. The number of phosphoric acid groups is 1. The van der Waals surface area contributed by atoms with Crippen LogP contribution in [-0.2, 0) is 15.6 Å². The smallest absolute Gasteiger partial charge is 0.340 e. The van der Waals surface area contributed by atoms with Crippen molar-refractivity contribution < 1.29 is 18.9 Å². The minimum absolute atomic E-state index is 0.0437. The van der Waals surface area contributed by atoms with Crippen molar-refractivity contribution >= 4 is 73.3 Å². The van der Waals surface area contributed by atoms with Gasteiger partial charge in [0.15, 0.2) is 0 Å². The number of aryl methyl sites for hydroxylation is 1. The van der Waals surface area contributed by atoms with Crippen LogP contribution in [-0.4, -0.2) is 32.5 Å². The lowest BCUT2D eigenvalue weighted by molar-refractivity contribution is 0.208. The molecule has 0 spiro atoms. The van der Waals surface area contributed by atoms with E-state index in [4.69, 9.17) is 9.79 Å². The first kappa shape index (κ1) is 19.4. The molecule has 0 saturated carbocycles. The summed E-state index contributed by atoms with van der Waals surface area (Å²) < 4.78 is 19.5. The van der Waals surface area contributed by atoms with Crippen LogP contribution < -0.4 is 0 Å². The SMILES string of the molecule is O=P(O)(O)OCCSCCn1c2ccc(Br)cc2c2cc(Br)ccc21. The van der Waals surface area contributed by atoms with Gasteiger partial charge in [-0.3, -0.25) is 4.52 Å². The maximum Gasteiger partial charge on any atom is 0.469 e. The highest BCUT2D eigenvalue weighted by molar-refractivity contribution is 9.10. The number of benzene rings is 2. The van der Waals surface area contributed by atoms with Crippen molar-refractivity contribution in [3.63, 3.8) is 0 Å². The average Bonchev–Trinajstić information content (AvgIpc) is 2.82. The lowest BCUT2D eigenvalue weighted by Crippen LogP contribution is -2.02. The van der Waals surface area contributed by atoms with E-state index in [9.17, 15) is 4.57 Å². The topological polar surface area (TPSA) is 71.7 Å². The molecule has 2 aromatic carbocycles. The van der Waals surface area contributed by atoms with E-state index in [1.165, 1.54) is 21.8 Å². The fourth-order valence-corrected chi connectivity index (χ4v) is 4.65. The van der Waals surface area contributed by atoms with Gasteiger partial charge in [-0.2, -0.15) is 11.8 Å². The number of thioether (sulfide) groups is 1. The zero-order valence-electron chi connectivity index (χ0n) is 13.1. The van der Waals surface area contributed by atoms with Crippen LogP contribution in [0.5, 0.6) is 0 Å². The van der Waals surface area contributed by atoms with E-state index in [1.807, 2.05) is 12.1 Å². The number of rotatable bonds is 7. The summed E-state index contributed by atoms with van der Waals surface area (Å²) in [5, 5.41) is 2.39. The van der Waals surface area contributed by atoms with E-state index in [-0.39, 0.29) is 6.61 Å². The Morgan fingerprint density at radius 3 is 2.08 bits per heavy atom. The molecule has 9 heteroatoms. The van der Waals surface area contributed by atoms with E-state index in [1.54, 1.807) is 11.8 Å². The maximum absolute atomic E-state index is 10.6. The van der Waals surface area contributed by atoms with E-state index in [0.29, 0.717) is 5.75 Å². The number of nitrogens with zero attached hydrogens (tertiary/aromatic N) is 1. The molecule has 134 valence electrons. The van der Waals surface area contributed by atoms with E-state index in [0.717, 1.165) is 21.2 Å². The fraction of sp³-hybridized carbons (Fsp3) is 0.250. The highest BCUT2D eigenvalue weighted by Gasteiger charge is 2.13.